The van der Waals surface area contributed by atoms with Gasteiger partial charge in [-0.3, -0.25) is 0 Å². The molecule has 1 saturated heterocycles. The molecule has 1 fully saturated rings. The predicted octanol–water partition coefficient (Wildman–Crippen LogP) is 1.87. The molecule has 1 atom stereocenters. The van der Waals surface area contributed by atoms with Gasteiger partial charge in [0.05, 0.1) is 6.20 Å². The number of rotatable bonds is 3. The van der Waals surface area contributed by atoms with E-state index in [1.165, 1.54) is 12.8 Å². The van der Waals surface area contributed by atoms with Gasteiger partial charge < -0.3 is 10.1 Å². The van der Waals surface area contributed by atoms with Gasteiger partial charge in [0.15, 0.2) is 0 Å². The SMILES string of the molecule is Clc1ccc(OC[C@@H]2CCCN2)cn1. The molecule has 76 valence electrons. The monoisotopic (exact) mass is 212 g/mol. The van der Waals surface area contributed by atoms with Crippen LogP contribution in [0.2, 0.25) is 5.15 Å². The van der Waals surface area contributed by atoms with Gasteiger partial charge in [-0.1, -0.05) is 11.6 Å². The third-order valence-electron chi connectivity index (χ3n) is 2.31. The molecular weight excluding hydrogens is 200 g/mol. The lowest BCUT2D eigenvalue weighted by Gasteiger charge is -2.11. The van der Waals surface area contributed by atoms with Crippen molar-refractivity contribution in [1.82, 2.24) is 10.3 Å². The molecule has 14 heavy (non-hydrogen) atoms. The van der Waals surface area contributed by atoms with Crippen LogP contribution in [0.25, 0.3) is 0 Å². The highest BCUT2D eigenvalue weighted by atomic mass is 35.5. The highest BCUT2D eigenvalue weighted by Gasteiger charge is 2.14. The molecular formula is C10H13ClN2O. The van der Waals surface area contributed by atoms with Crippen molar-refractivity contribution >= 4 is 11.6 Å². The third kappa shape index (κ3) is 2.59. The van der Waals surface area contributed by atoms with Gasteiger partial charge in [-0.15, -0.1) is 0 Å². The minimum Gasteiger partial charge on any atom is -0.490 e. The largest absolute Gasteiger partial charge is 0.490 e. The lowest BCUT2D eigenvalue weighted by Crippen LogP contribution is -2.28. The summed E-state index contributed by atoms with van der Waals surface area (Å²) >= 11 is 5.66. The molecule has 0 unspecified atom stereocenters. The van der Waals surface area contributed by atoms with Crippen molar-refractivity contribution < 1.29 is 4.74 Å². The summed E-state index contributed by atoms with van der Waals surface area (Å²) in [5.41, 5.74) is 0. The highest BCUT2D eigenvalue weighted by Crippen LogP contribution is 2.13. The molecule has 2 heterocycles. The molecule has 0 aromatic carbocycles. The Morgan fingerprint density at radius 1 is 1.57 bits per heavy atom. The fourth-order valence-electron chi connectivity index (χ4n) is 1.54. The van der Waals surface area contributed by atoms with Crippen LogP contribution >= 0.6 is 11.6 Å². The van der Waals surface area contributed by atoms with E-state index >= 15 is 0 Å². The molecule has 3 nitrogen and oxygen atoms in total. The second-order valence-corrected chi connectivity index (χ2v) is 3.81. The van der Waals surface area contributed by atoms with Gasteiger partial charge in [0, 0.05) is 6.04 Å². The van der Waals surface area contributed by atoms with Crippen LogP contribution in [0.5, 0.6) is 5.75 Å². The summed E-state index contributed by atoms with van der Waals surface area (Å²) in [7, 11) is 0. The minimum absolute atomic E-state index is 0.491. The van der Waals surface area contributed by atoms with Gasteiger partial charge >= 0.3 is 0 Å². The molecule has 0 radical (unpaired) electrons. The van der Waals surface area contributed by atoms with Crippen LogP contribution in [0.4, 0.5) is 0 Å². The maximum atomic E-state index is 5.66. The summed E-state index contributed by atoms with van der Waals surface area (Å²) in [6, 6.07) is 4.06. The molecule has 1 aromatic heterocycles. The van der Waals surface area contributed by atoms with Crippen molar-refractivity contribution in [2.24, 2.45) is 0 Å². The zero-order chi connectivity index (χ0) is 9.80. The first kappa shape index (κ1) is 9.74. The Labute approximate surface area is 88.4 Å². The minimum atomic E-state index is 0.491. The third-order valence-corrected chi connectivity index (χ3v) is 2.54. The Balaban J connectivity index is 1.82. The van der Waals surface area contributed by atoms with E-state index in [4.69, 9.17) is 16.3 Å². The molecule has 0 bridgehead atoms. The second-order valence-electron chi connectivity index (χ2n) is 3.42. The standard InChI is InChI=1S/C10H13ClN2O/c11-10-4-3-9(6-13-10)14-7-8-2-1-5-12-8/h3-4,6,8,12H,1-2,5,7H2/t8-/m0/s1. The fraction of sp³-hybridized carbons (Fsp3) is 0.500. The Hall–Kier alpha value is -0.800. The number of aromatic nitrogens is 1. The van der Waals surface area contributed by atoms with Crippen molar-refractivity contribution in [2.45, 2.75) is 18.9 Å². The Kier molecular flexibility index (Phi) is 3.22. The Morgan fingerprint density at radius 2 is 2.50 bits per heavy atom. The van der Waals surface area contributed by atoms with Gasteiger partial charge in [0.1, 0.15) is 17.5 Å². The molecule has 4 heteroatoms. The number of halogens is 1. The van der Waals surface area contributed by atoms with Crippen LogP contribution in [0.1, 0.15) is 12.8 Å². The first-order chi connectivity index (χ1) is 6.84. The van der Waals surface area contributed by atoms with Crippen LogP contribution in [-0.2, 0) is 0 Å². The number of nitrogens with one attached hydrogen (secondary N) is 1. The maximum Gasteiger partial charge on any atom is 0.137 e. The van der Waals surface area contributed by atoms with Gasteiger partial charge in [0.2, 0.25) is 0 Å². The summed E-state index contributed by atoms with van der Waals surface area (Å²) in [5.74, 6) is 0.781. The summed E-state index contributed by atoms with van der Waals surface area (Å²) in [6.45, 7) is 1.82. The number of nitrogens with zero attached hydrogens (tertiary/aromatic N) is 1. The summed E-state index contributed by atoms with van der Waals surface area (Å²) < 4.78 is 5.56. The van der Waals surface area contributed by atoms with E-state index in [-0.39, 0.29) is 0 Å². The number of ether oxygens (including phenoxy) is 1. The van der Waals surface area contributed by atoms with Crippen molar-refractivity contribution in [3.63, 3.8) is 0 Å². The molecule has 0 spiro atoms. The maximum absolute atomic E-state index is 5.66. The van der Waals surface area contributed by atoms with E-state index in [0.717, 1.165) is 12.3 Å². The summed E-state index contributed by atoms with van der Waals surface area (Å²) in [4.78, 5) is 3.94. The molecule has 0 saturated carbocycles. The molecule has 1 aliphatic rings. The van der Waals surface area contributed by atoms with E-state index in [9.17, 15) is 0 Å². The van der Waals surface area contributed by atoms with E-state index in [2.05, 4.69) is 10.3 Å². The van der Waals surface area contributed by atoms with Gasteiger partial charge in [0.25, 0.3) is 0 Å². The predicted molar refractivity (Wildman–Crippen MR) is 55.8 cm³/mol. The topological polar surface area (TPSA) is 34.1 Å². The highest BCUT2D eigenvalue weighted by molar-refractivity contribution is 6.29. The number of hydrogen-bond donors (Lipinski definition) is 1. The van der Waals surface area contributed by atoms with E-state index in [0.29, 0.717) is 17.8 Å². The number of pyridine rings is 1. The molecule has 1 aromatic rings. The summed E-state index contributed by atoms with van der Waals surface area (Å²) in [5, 5.41) is 3.86. The average Bonchev–Trinajstić information content (AvgIpc) is 2.70. The molecule has 1 N–H and O–H groups in total. The molecule has 2 rings (SSSR count). The average molecular weight is 213 g/mol. The quantitative estimate of drug-likeness (QED) is 0.777. The van der Waals surface area contributed by atoms with Gasteiger partial charge in [-0.05, 0) is 31.5 Å². The zero-order valence-electron chi connectivity index (χ0n) is 7.87. The second kappa shape index (κ2) is 4.62. The molecule has 0 amide bonds. The first-order valence-corrected chi connectivity index (χ1v) is 5.20. The van der Waals surface area contributed by atoms with Gasteiger partial charge in [-0.25, -0.2) is 4.98 Å². The van der Waals surface area contributed by atoms with Crippen LogP contribution in [0.3, 0.4) is 0 Å². The van der Waals surface area contributed by atoms with Crippen molar-refractivity contribution in [2.75, 3.05) is 13.2 Å². The summed E-state index contributed by atoms with van der Waals surface area (Å²) in [6.07, 6.45) is 4.09. The van der Waals surface area contributed by atoms with Crippen LogP contribution in [0, 0.1) is 0 Å². The van der Waals surface area contributed by atoms with E-state index < -0.39 is 0 Å². The molecule has 1 aliphatic heterocycles. The molecule has 0 aliphatic carbocycles. The first-order valence-electron chi connectivity index (χ1n) is 4.82. The lowest BCUT2D eigenvalue weighted by molar-refractivity contribution is 0.276. The fourth-order valence-corrected chi connectivity index (χ4v) is 1.66. The Bertz CT molecular complexity index is 283. The van der Waals surface area contributed by atoms with Crippen LogP contribution in [0.15, 0.2) is 18.3 Å². The normalized spacial score (nSPS) is 21.1. The zero-order valence-corrected chi connectivity index (χ0v) is 8.63. The van der Waals surface area contributed by atoms with Crippen molar-refractivity contribution in [3.8, 4) is 5.75 Å². The lowest BCUT2D eigenvalue weighted by atomic mass is 10.2. The van der Waals surface area contributed by atoms with Crippen LogP contribution < -0.4 is 10.1 Å². The number of hydrogen-bond acceptors (Lipinski definition) is 3. The van der Waals surface area contributed by atoms with E-state index in [1.807, 2.05) is 6.07 Å². The van der Waals surface area contributed by atoms with E-state index in [1.54, 1.807) is 12.3 Å². The van der Waals surface area contributed by atoms with Crippen LogP contribution in [-0.4, -0.2) is 24.2 Å². The van der Waals surface area contributed by atoms with Crippen molar-refractivity contribution in [3.05, 3.63) is 23.5 Å². The van der Waals surface area contributed by atoms with Crippen molar-refractivity contribution in [1.29, 1.82) is 0 Å². The van der Waals surface area contributed by atoms with Gasteiger partial charge in [-0.2, -0.15) is 0 Å². The smallest absolute Gasteiger partial charge is 0.137 e. The Morgan fingerprint density at radius 3 is 3.14 bits per heavy atom.